The highest BCUT2D eigenvalue weighted by molar-refractivity contribution is 5.97. The summed E-state index contributed by atoms with van der Waals surface area (Å²) in [6, 6.07) is 12.9. The van der Waals surface area contributed by atoms with Crippen molar-refractivity contribution in [2.75, 3.05) is 13.2 Å². The zero-order valence-electron chi connectivity index (χ0n) is 13.3. The molecule has 1 amide bonds. The first-order chi connectivity index (χ1) is 11.6. The number of hydrogen-bond donors (Lipinski definition) is 3. The number of amides is 1. The third-order valence-electron chi connectivity index (χ3n) is 3.63. The van der Waals surface area contributed by atoms with Crippen LogP contribution < -0.4 is 10.1 Å². The summed E-state index contributed by atoms with van der Waals surface area (Å²) < 4.78 is 5.52. The van der Waals surface area contributed by atoms with Gasteiger partial charge in [-0.25, -0.2) is 0 Å². The molecular formula is C18H19N3O3. The van der Waals surface area contributed by atoms with Crippen LogP contribution >= 0.6 is 0 Å². The number of carbonyl (C=O) groups excluding carboxylic acids is 1. The monoisotopic (exact) mass is 325 g/mol. The second-order valence-electron chi connectivity index (χ2n) is 5.66. The number of ether oxygens (including phenoxy) is 1. The third-order valence-corrected chi connectivity index (χ3v) is 3.63. The largest absolute Gasteiger partial charge is 0.491 e. The minimum atomic E-state index is -0.785. The van der Waals surface area contributed by atoms with Crippen molar-refractivity contribution in [1.29, 1.82) is 0 Å². The van der Waals surface area contributed by atoms with Gasteiger partial charge >= 0.3 is 0 Å². The molecule has 0 fully saturated rings. The number of aliphatic hydroxyl groups is 1. The quantitative estimate of drug-likeness (QED) is 0.647. The standard InChI is InChI=1S/C18H19N3O3/c1-12-3-2-4-16(7-12)24-11-15(22)10-19-18(23)13-5-6-17-14(8-13)9-20-21-17/h2-9,15,22H,10-11H2,1H3,(H,19,23)(H,20,21). The molecule has 1 heterocycles. The number of aromatic nitrogens is 2. The van der Waals surface area contributed by atoms with Gasteiger partial charge in [0.15, 0.2) is 0 Å². The number of rotatable bonds is 6. The summed E-state index contributed by atoms with van der Waals surface area (Å²) in [6.07, 6.45) is 0.878. The van der Waals surface area contributed by atoms with E-state index in [1.165, 1.54) is 0 Å². The maximum atomic E-state index is 12.1. The maximum Gasteiger partial charge on any atom is 0.251 e. The third kappa shape index (κ3) is 3.91. The fourth-order valence-corrected chi connectivity index (χ4v) is 2.35. The highest BCUT2D eigenvalue weighted by atomic mass is 16.5. The van der Waals surface area contributed by atoms with Gasteiger partial charge in [0, 0.05) is 17.5 Å². The van der Waals surface area contributed by atoms with Crippen LogP contribution in [0.3, 0.4) is 0 Å². The molecule has 0 aliphatic rings. The van der Waals surface area contributed by atoms with Crippen molar-refractivity contribution in [3.05, 3.63) is 59.8 Å². The molecular weight excluding hydrogens is 306 g/mol. The van der Waals surface area contributed by atoms with Gasteiger partial charge in [-0.3, -0.25) is 9.89 Å². The molecule has 0 radical (unpaired) electrons. The molecule has 0 aliphatic heterocycles. The van der Waals surface area contributed by atoms with Gasteiger partial charge in [0.2, 0.25) is 0 Å². The van der Waals surface area contributed by atoms with Crippen LogP contribution in [0.5, 0.6) is 5.75 Å². The van der Waals surface area contributed by atoms with Crippen LogP contribution in [0.15, 0.2) is 48.7 Å². The van der Waals surface area contributed by atoms with Gasteiger partial charge in [0.05, 0.1) is 11.7 Å². The number of aliphatic hydroxyl groups excluding tert-OH is 1. The Balaban J connectivity index is 1.50. The van der Waals surface area contributed by atoms with E-state index < -0.39 is 6.10 Å². The van der Waals surface area contributed by atoms with Crippen LogP contribution in [0.4, 0.5) is 0 Å². The van der Waals surface area contributed by atoms with Crippen molar-refractivity contribution in [2.24, 2.45) is 0 Å². The molecule has 0 saturated heterocycles. The van der Waals surface area contributed by atoms with Gasteiger partial charge in [0.1, 0.15) is 18.5 Å². The maximum absolute atomic E-state index is 12.1. The van der Waals surface area contributed by atoms with E-state index in [0.29, 0.717) is 11.3 Å². The molecule has 0 saturated carbocycles. The molecule has 0 spiro atoms. The van der Waals surface area contributed by atoms with Crippen molar-refractivity contribution >= 4 is 16.8 Å². The van der Waals surface area contributed by atoms with E-state index in [4.69, 9.17) is 4.74 Å². The summed E-state index contributed by atoms with van der Waals surface area (Å²) in [6.45, 7) is 2.21. The van der Waals surface area contributed by atoms with Crippen molar-refractivity contribution in [2.45, 2.75) is 13.0 Å². The number of aryl methyl sites for hydroxylation is 1. The number of nitrogens with zero attached hydrogens (tertiary/aromatic N) is 1. The molecule has 1 unspecified atom stereocenters. The second-order valence-corrected chi connectivity index (χ2v) is 5.66. The Kier molecular flexibility index (Phi) is 4.77. The minimum Gasteiger partial charge on any atom is -0.491 e. The summed E-state index contributed by atoms with van der Waals surface area (Å²) >= 11 is 0. The average molecular weight is 325 g/mol. The summed E-state index contributed by atoms with van der Waals surface area (Å²) in [5, 5.41) is 20.3. The van der Waals surface area contributed by atoms with Crippen LogP contribution in [0.2, 0.25) is 0 Å². The van der Waals surface area contributed by atoms with Crippen molar-refractivity contribution in [3.8, 4) is 5.75 Å². The van der Waals surface area contributed by atoms with Gasteiger partial charge in [-0.2, -0.15) is 5.10 Å². The normalized spacial score (nSPS) is 12.1. The molecule has 0 aliphatic carbocycles. The van der Waals surface area contributed by atoms with Crippen LogP contribution in [-0.2, 0) is 0 Å². The molecule has 6 heteroatoms. The predicted octanol–water partition coefficient (Wildman–Crippen LogP) is 2.04. The van der Waals surface area contributed by atoms with E-state index in [9.17, 15) is 9.90 Å². The first kappa shape index (κ1) is 16.0. The van der Waals surface area contributed by atoms with Gasteiger partial charge in [-0.15, -0.1) is 0 Å². The van der Waals surface area contributed by atoms with E-state index in [1.807, 2.05) is 31.2 Å². The van der Waals surface area contributed by atoms with Crippen LogP contribution in [0.25, 0.3) is 10.9 Å². The first-order valence-corrected chi connectivity index (χ1v) is 7.71. The molecule has 3 aromatic rings. The Bertz CT molecular complexity index is 844. The summed E-state index contributed by atoms with van der Waals surface area (Å²) in [5.74, 6) is 0.457. The fourth-order valence-electron chi connectivity index (χ4n) is 2.35. The zero-order chi connectivity index (χ0) is 16.9. The fraction of sp³-hybridized carbons (Fsp3) is 0.222. The topological polar surface area (TPSA) is 87.2 Å². The summed E-state index contributed by atoms with van der Waals surface area (Å²) in [5.41, 5.74) is 2.48. The molecule has 0 bridgehead atoms. The Hall–Kier alpha value is -2.86. The number of carbonyl (C=O) groups is 1. The zero-order valence-corrected chi connectivity index (χ0v) is 13.3. The van der Waals surface area contributed by atoms with Crippen molar-refractivity contribution in [1.82, 2.24) is 15.5 Å². The van der Waals surface area contributed by atoms with Crippen LogP contribution in [0.1, 0.15) is 15.9 Å². The molecule has 3 N–H and O–H groups in total. The number of aromatic amines is 1. The molecule has 2 aromatic carbocycles. The molecule has 1 atom stereocenters. The van der Waals surface area contributed by atoms with Gasteiger partial charge in [-0.05, 0) is 42.8 Å². The Morgan fingerprint density at radius 1 is 1.33 bits per heavy atom. The second kappa shape index (κ2) is 7.14. The molecule has 24 heavy (non-hydrogen) atoms. The molecule has 3 rings (SSSR count). The Labute approximate surface area is 139 Å². The van der Waals surface area contributed by atoms with E-state index in [2.05, 4.69) is 15.5 Å². The van der Waals surface area contributed by atoms with Crippen molar-refractivity contribution < 1.29 is 14.6 Å². The van der Waals surface area contributed by atoms with E-state index in [1.54, 1.807) is 24.4 Å². The molecule has 124 valence electrons. The number of fused-ring (bicyclic) bond motifs is 1. The van der Waals surface area contributed by atoms with E-state index >= 15 is 0 Å². The number of nitrogens with one attached hydrogen (secondary N) is 2. The highest BCUT2D eigenvalue weighted by Crippen LogP contribution is 2.13. The van der Waals surface area contributed by atoms with Crippen LogP contribution in [-0.4, -0.2) is 40.5 Å². The lowest BCUT2D eigenvalue weighted by Gasteiger charge is -2.13. The van der Waals surface area contributed by atoms with Gasteiger partial charge < -0.3 is 15.2 Å². The SMILES string of the molecule is Cc1cccc(OCC(O)CNC(=O)c2ccc3[nH]ncc3c2)c1. The van der Waals surface area contributed by atoms with E-state index in [0.717, 1.165) is 16.5 Å². The summed E-state index contributed by atoms with van der Waals surface area (Å²) in [4.78, 5) is 12.1. The number of benzene rings is 2. The summed E-state index contributed by atoms with van der Waals surface area (Å²) in [7, 11) is 0. The lowest BCUT2D eigenvalue weighted by atomic mass is 10.1. The van der Waals surface area contributed by atoms with Crippen LogP contribution in [0, 0.1) is 6.92 Å². The number of hydrogen-bond acceptors (Lipinski definition) is 4. The smallest absolute Gasteiger partial charge is 0.251 e. The van der Waals surface area contributed by atoms with E-state index in [-0.39, 0.29) is 19.1 Å². The number of H-pyrrole nitrogens is 1. The van der Waals surface area contributed by atoms with Gasteiger partial charge in [0.25, 0.3) is 5.91 Å². The molecule has 6 nitrogen and oxygen atoms in total. The highest BCUT2D eigenvalue weighted by Gasteiger charge is 2.11. The lowest BCUT2D eigenvalue weighted by molar-refractivity contribution is 0.0844. The Morgan fingerprint density at radius 3 is 3.04 bits per heavy atom. The lowest BCUT2D eigenvalue weighted by Crippen LogP contribution is -2.35. The molecule has 1 aromatic heterocycles. The van der Waals surface area contributed by atoms with Gasteiger partial charge in [-0.1, -0.05) is 12.1 Å². The predicted molar refractivity (Wildman–Crippen MR) is 91.1 cm³/mol. The minimum absolute atomic E-state index is 0.116. The average Bonchev–Trinajstić information content (AvgIpc) is 3.05. The van der Waals surface area contributed by atoms with Crippen molar-refractivity contribution in [3.63, 3.8) is 0 Å². The first-order valence-electron chi connectivity index (χ1n) is 7.71. The Morgan fingerprint density at radius 2 is 2.21 bits per heavy atom.